The van der Waals surface area contributed by atoms with Crippen LogP contribution in [-0.4, -0.2) is 49.7 Å². The van der Waals surface area contributed by atoms with Crippen molar-refractivity contribution in [2.45, 2.75) is 19.1 Å². The molecule has 22 heavy (non-hydrogen) atoms. The third kappa shape index (κ3) is 5.20. The minimum absolute atomic E-state index is 0. The lowest BCUT2D eigenvalue weighted by Gasteiger charge is -2.34. The molecule has 1 N–H and O–H groups in total. The van der Waals surface area contributed by atoms with Crippen LogP contribution in [0.2, 0.25) is 0 Å². The number of piperazine rings is 1. The Morgan fingerprint density at radius 3 is 2.73 bits per heavy atom. The quantitative estimate of drug-likeness (QED) is 0.850. The van der Waals surface area contributed by atoms with E-state index in [4.69, 9.17) is 4.74 Å². The molecule has 6 nitrogen and oxygen atoms in total. The van der Waals surface area contributed by atoms with Crippen molar-refractivity contribution in [2.75, 3.05) is 26.7 Å². The van der Waals surface area contributed by atoms with Gasteiger partial charge in [-0.05, 0) is 5.56 Å². The van der Waals surface area contributed by atoms with E-state index < -0.39 is 6.09 Å². The molecule has 122 valence electrons. The molecule has 1 aromatic rings. The van der Waals surface area contributed by atoms with Crippen molar-refractivity contribution in [1.82, 2.24) is 10.2 Å². The number of methoxy groups -OCH3 is 1. The van der Waals surface area contributed by atoms with Crippen LogP contribution in [0.25, 0.3) is 0 Å². The molecule has 1 aliphatic rings. The van der Waals surface area contributed by atoms with Crippen molar-refractivity contribution in [3.8, 4) is 0 Å². The van der Waals surface area contributed by atoms with Gasteiger partial charge in [-0.1, -0.05) is 30.3 Å². The zero-order chi connectivity index (χ0) is 15.1. The van der Waals surface area contributed by atoms with Crippen LogP contribution in [0.15, 0.2) is 30.3 Å². The van der Waals surface area contributed by atoms with E-state index in [9.17, 15) is 9.59 Å². The van der Waals surface area contributed by atoms with E-state index in [0.717, 1.165) is 5.56 Å². The highest BCUT2D eigenvalue weighted by Gasteiger charge is 2.29. The maximum absolute atomic E-state index is 12.2. The Balaban J connectivity index is 0.00000242. The second kappa shape index (κ2) is 9.27. The van der Waals surface area contributed by atoms with E-state index >= 15 is 0 Å². The number of rotatable bonds is 4. The average Bonchev–Trinajstić information content (AvgIpc) is 2.54. The number of nitrogens with zero attached hydrogens (tertiary/aromatic N) is 1. The molecule has 1 amide bonds. The summed E-state index contributed by atoms with van der Waals surface area (Å²) in [5, 5.41) is 3.17. The highest BCUT2D eigenvalue weighted by molar-refractivity contribution is 5.85. The molecule has 1 heterocycles. The highest BCUT2D eigenvalue weighted by atomic mass is 35.5. The van der Waals surface area contributed by atoms with Crippen molar-refractivity contribution >= 4 is 24.5 Å². The lowest BCUT2D eigenvalue weighted by atomic mass is 10.1. The molecule has 0 bridgehead atoms. The van der Waals surface area contributed by atoms with Crippen molar-refractivity contribution in [1.29, 1.82) is 0 Å². The number of nitrogens with one attached hydrogen (secondary N) is 1. The molecule has 0 aromatic heterocycles. The normalized spacial score (nSPS) is 17.3. The Kier molecular flexibility index (Phi) is 7.70. The second-order valence-corrected chi connectivity index (χ2v) is 4.87. The van der Waals surface area contributed by atoms with E-state index in [1.54, 1.807) is 4.90 Å². The third-order valence-electron chi connectivity index (χ3n) is 3.42. The molecular weight excluding hydrogens is 308 g/mol. The van der Waals surface area contributed by atoms with Gasteiger partial charge < -0.3 is 19.7 Å². The van der Waals surface area contributed by atoms with Gasteiger partial charge in [-0.15, -0.1) is 12.4 Å². The first kappa shape index (κ1) is 18.3. The number of carbonyl (C=O) groups is 2. The minimum Gasteiger partial charge on any atom is -0.469 e. The van der Waals surface area contributed by atoms with Gasteiger partial charge in [0.15, 0.2) is 0 Å². The van der Waals surface area contributed by atoms with Gasteiger partial charge in [-0.2, -0.15) is 0 Å². The largest absolute Gasteiger partial charge is 0.469 e. The summed E-state index contributed by atoms with van der Waals surface area (Å²) in [5.41, 5.74) is 0.936. The number of hydrogen-bond donors (Lipinski definition) is 1. The number of ether oxygens (including phenoxy) is 2. The molecule has 0 spiro atoms. The fourth-order valence-corrected chi connectivity index (χ4v) is 2.26. The number of esters is 1. The molecule has 2 rings (SSSR count). The molecule has 1 aliphatic heterocycles. The van der Waals surface area contributed by atoms with Gasteiger partial charge in [0.2, 0.25) is 0 Å². The van der Waals surface area contributed by atoms with Crippen LogP contribution in [-0.2, 0) is 20.9 Å². The Hall–Kier alpha value is -1.79. The maximum Gasteiger partial charge on any atom is 0.410 e. The molecule has 1 atom stereocenters. The van der Waals surface area contributed by atoms with Crippen LogP contribution in [0.4, 0.5) is 4.79 Å². The first-order valence-corrected chi connectivity index (χ1v) is 6.95. The minimum atomic E-state index is -0.394. The predicted octanol–water partition coefficient (Wildman–Crippen LogP) is 1.58. The summed E-state index contributed by atoms with van der Waals surface area (Å²) in [6.07, 6.45) is -0.224. The molecule has 1 saturated heterocycles. The number of halogens is 1. The predicted molar refractivity (Wildman–Crippen MR) is 83.9 cm³/mol. The van der Waals surface area contributed by atoms with E-state index in [2.05, 4.69) is 10.1 Å². The number of amides is 1. The standard InChI is InChI=1S/C15H20N2O4.ClH/c1-20-14(18)9-13-10-16-7-8-17(13)15(19)21-11-12-5-3-2-4-6-12;/h2-6,13,16H,7-11H2,1H3;1H. The maximum atomic E-state index is 12.2. The van der Waals surface area contributed by atoms with Crippen LogP contribution < -0.4 is 5.32 Å². The summed E-state index contributed by atoms with van der Waals surface area (Å²) >= 11 is 0. The second-order valence-electron chi connectivity index (χ2n) is 4.87. The molecular formula is C15H21ClN2O4. The zero-order valence-corrected chi connectivity index (χ0v) is 13.3. The summed E-state index contributed by atoms with van der Waals surface area (Å²) in [4.78, 5) is 25.2. The summed E-state index contributed by atoms with van der Waals surface area (Å²) < 4.78 is 9.98. The monoisotopic (exact) mass is 328 g/mol. The average molecular weight is 329 g/mol. The first-order valence-electron chi connectivity index (χ1n) is 6.95. The molecule has 7 heteroatoms. The van der Waals surface area contributed by atoms with Gasteiger partial charge in [0, 0.05) is 19.6 Å². The fraction of sp³-hybridized carbons (Fsp3) is 0.467. The van der Waals surface area contributed by atoms with Gasteiger partial charge in [0.1, 0.15) is 6.61 Å². The lowest BCUT2D eigenvalue weighted by molar-refractivity contribution is -0.142. The SMILES string of the molecule is COC(=O)CC1CNCCN1C(=O)OCc1ccccc1.Cl. The third-order valence-corrected chi connectivity index (χ3v) is 3.42. The Labute approximate surface area is 136 Å². The highest BCUT2D eigenvalue weighted by Crippen LogP contribution is 2.11. The van der Waals surface area contributed by atoms with Crippen LogP contribution >= 0.6 is 12.4 Å². The molecule has 1 aromatic carbocycles. The van der Waals surface area contributed by atoms with Crippen molar-refractivity contribution in [3.05, 3.63) is 35.9 Å². The van der Waals surface area contributed by atoms with Gasteiger partial charge in [-0.25, -0.2) is 4.79 Å². The van der Waals surface area contributed by atoms with Crippen molar-refractivity contribution in [3.63, 3.8) is 0 Å². The van der Waals surface area contributed by atoms with Crippen LogP contribution in [0, 0.1) is 0 Å². The van der Waals surface area contributed by atoms with E-state index in [1.807, 2.05) is 30.3 Å². The van der Waals surface area contributed by atoms with E-state index in [1.165, 1.54) is 7.11 Å². The van der Waals surface area contributed by atoms with Gasteiger partial charge in [-0.3, -0.25) is 4.79 Å². The topological polar surface area (TPSA) is 67.9 Å². The molecule has 0 radical (unpaired) electrons. The summed E-state index contributed by atoms with van der Waals surface area (Å²) in [6, 6.07) is 9.28. The van der Waals surface area contributed by atoms with Crippen molar-refractivity contribution < 1.29 is 19.1 Å². The van der Waals surface area contributed by atoms with Gasteiger partial charge in [0.05, 0.1) is 19.6 Å². The molecule has 1 fully saturated rings. The van der Waals surface area contributed by atoms with Gasteiger partial charge >= 0.3 is 12.1 Å². The smallest absolute Gasteiger partial charge is 0.410 e. The number of benzene rings is 1. The molecule has 1 unspecified atom stereocenters. The Morgan fingerprint density at radius 1 is 1.32 bits per heavy atom. The van der Waals surface area contributed by atoms with Crippen molar-refractivity contribution in [2.24, 2.45) is 0 Å². The van der Waals surface area contributed by atoms with Crippen LogP contribution in [0.3, 0.4) is 0 Å². The molecule has 0 aliphatic carbocycles. The van der Waals surface area contributed by atoms with Crippen LogP contribution in [0.5, 0.6) is 0 Å². The Morgan fingerprint density at radius 2 is 2.05 bits per heavy atom. The summed E-state index contributed by atoms with van der Waals surface area (Å²) in [5.74, 6) is -0.329. The van der Waals surface area contributed by atoms with Gasteiger partial charge in [0.25, 0.3) is 0 Å². The summed E-state index contributed by atoms with van der Waals surface area (Å²) in [7, 11) is 1.34. The van der Waals surface area contributed by atoms with E-state index in [-0.39, 0.29) is 37.4 Å². The summed E-state index contributed by atoms with van der Waals surface area (Å²) in [6.45, 7) is 2.01. The van der Waals surface area contributed by atoms with E-state index in [0.29, 0.717) is 19.6 Å². The molecule has 0 saturated carbocycles. The van der Waals surface area contributed by atoms with Crippen LogP contribution in [0.1, 0.15) is 12.0 Å². The number of carbonyl (C=O) groups excluding carboxylic acids is 2. The number of hydrogen-bond acceptors (Lipinski definition) is 5. The lowest BCUT2D eigenvalue weighted by Crippen LogP contribution is -2.54. The Bertz CT molecular complexity index is 484. The first-order chi connectivity index (χ1) is 10.2. The zero-order valence-electron chi connectivity index (χ0n) is 12.5. The fourth-order valence-electron chi connectivity index (χ4n) is 2.26.